The van der Waals surface area contributed by atoms with Crippen LogP contribution in [0.2, 0.25) is 5.02 Å². The third-order valence-electron chi connectivity index (χ3n) is 4.03. The van der Waals surface area contributed by atoms with Crippen molar-refractivity contribution in [3.8, 4) is 0 Å². The van der Waals surface area contributed by atoms with Crippen LogP contribution < -0.4 is 10.2 Å². The standard InChI is InChI=1S/C19H19ClN2O2S/c1-13(25-17-6-3-2-5-16(17)20)19(24)21-14-8-10-15(11-9-14)22-12-4-7-18(22)23/h2-3,5-6,8-11,13H,4,7,12H2,1H3,(H,21,24). The molecule has 1 atom stereocenters. The van der Waals surface area contributed by atoms with E-state index in [1.807, 2.05) is 55.5 Å². The number of nitrogens with one attached hydrogen (secondary N) is 1. The molecule has 1 heterocycles. The maximum absolute atomic E-state index is 12.4. The van der Waals surface area contributed by atoms with Crippen LogP contribution in [-0.4, -0.2) is 23.6 Å². The van der Waals surface area contributed by atoms with Crippen LogP contribution in [0.25, 0.3) is 0 Å². The number of amides is 2. The lowest BCUT2D eigenvalue weighted by molar-refractivity contribution is -0.117. The van der Waals surface area contributed by atoms with Gasteiger partial charge in [0.05, 0.1) is 10.3 Å². The van der Waals surface area contributed by atoms with Crippen LogP contribution in [0.4, 0.5) is 11.4 Å². The van der Waals surface area contributed by atoms with Crippen molar-refractivity contribution < 1.29 is 9.59 Å². The van der Waals surface area contributed by atoms with Gasteiger partial charge in [-0.15, -0.1) is 11.8 Å². The summed E-state index contributed by atoms with van der Waals surface area (Å²) in [5, 5.41) is 3.27. The molecule has 0 bridgehead atoms. The minimum absolute atomic E-state index is 0.0880. The van der Waals surface area contributed by atoms with E-state index in [9.17, 15) is 9.59 Å². The summed E-state index contributed by atoms with van der Waals surface area (Å²) < 4.78 is 0. The molecule has 1 unspecified atom stereocenters. The molecule has 2 amide bonds. The van der Waals surface area contributed by atoms with Crippen molar-refractivity contribution in [2.45, 2.75) is 29.9 Å². The number of anilines is 2. The van der Waals surface area contributed by atoms with Crippen molar-refractivity contribution in [2.24, 2.45) is 0 Å². The number of carbonyl (C=O) groups is 2. The maximum atomic E-state index is 12.4. The number of hydrogen-bond acceptors (Lipinski definition) is 3. The first-order valence-corrected chi connectivity index (χ1v) is 9.43. The molecule has 0 aliphatic carbocycles. The number of hydrogen-bond donors (Lipinski definition) is 1. The van der Waals surface area contributed by atoms with Crippen LogP contribution in [0, 0.1) is 0 Å². The van der Waals surface area contributed by atoms with Crippen molar-refractivity contribution >= 4 is 46.6 Å². The molecule has 1 fully saturated rings. The zero-order valence-corrected chi connectivity index (χ0v) is 15.4. The van der Waals surface area contributed by atoms with Gasteiger partial charge in [-0.1, -0.05) is 23.7 Å². The minimum atomic E-state index is -0.278. The Morgan fingerprint density at radius 2 is 1.92 bits per heavy atom. The second-order valence-electron chi connectivity index (χ2n) is 5.88. The van der Waals surface area contributed by atoms with Crippen molar-refractivity contribution in [2.75, 3.05) is 16.8 Å². The summed E-state index contributed by atoms with van der Waals surface area (Å²) in [6.07, 6.45) is 1.50. The fourth-order valence-electron chi connectivity index (χ4n) is 2.67. The van der Waals surface area contributed by atoms with E-state index >= 15 is 0 Å². The maximum Gasteiger partial charge on any atom is 0.237 e. The number of nitrogens with zero attached hydrogens (tertiary/aromatic N) is 1. The lowest BCUT2D eigenvalue weighted by Crippen LogP contribution is -2.24. The zero-order valence-electron chi connectivity index (χ0n) is 13.9. The topological polar surface area (TPSA) is 49.4 Å². The molecule has 1 N–H and O–H groups in total. The highest BCUT2D eigenvalue weighted by Crippen LogP contribution is 2.30. The predicted molar refractivity (Wildman–Crippen MR) is 103 cm³/mol. The van der Waals surface area contributed by atoms with E-state index in [-0.39, 0.29) is 17.1 Å². The molecule has 6 heteroatoms. The Labute approximate surface area is 156 Å². The first kappa shape index (κ1) is 17.8. The summed E-state index contributed by atoms with van der Waals surface area (Å²) in [4.78, 5) is 26.8. The molecule has 130 valence electrons. The molecule has 1 aliphatic heterocycles. The molecular formula is C19H19ClN2O2S. The molecule has 3 rings (SSSR count). The van der Waals surface area contributed by atoms with Crippen molar-refractivity contribution in [3.05, 3.63) is 53.6 Å². The second-order valence-corrected chi connectivity index (χ2v) is 7.67. The van der Waals surface area contributed by atoms with Gasteiger partial charge in [0.2, 0.25) is 11.8 Å². The quantitative estimate of drug-likeness (QED) is 0.779. The average molecular weight is 375 g/mol. The SMILES string of the molecule is CC(Sc1ccccc1Cl)C(=O)Nc1ccc(N2CCCC2=O)cc1. The largest absolute Gasteiger partial charge is 0.325 e. The number of benzene rings is 2. The predicted octanol–water partition coefficient (Wildman–Crippen LogP) is 4.59. The number of carbonyl (C=O) groups excluding carboxylic acids is 2. The van der Waals surface area contributed by atoms with Crippen LogP contribution >= 0.6 is 23.4 Å². The van der Waals surface area contributed by atoms with E-state index in [4.69, 9.17) is 11.6 Å². The number of rotatable bonds is 5. The van der Waals surface area contributed by atoms with Gasteiger partial charge in [-0.25, -0.2) is 0 Å². The Morgan fingerprint density at radius 1 is 1.20 bits per heavy atom. The van der Waals surface area contributed by atoms with Gasteiger partial charge in [-0.05, 0) is 49.7 Å². The minimum Gasteiger partial charge on any atom is -0.325 e. The van der Waals surface area contributed by atoms with Crippen molar-refractivity contribution in [3.63, 3.8) is 0 Å². The summed E-state index contributed by atoms with van der Waals surface area (Å²) in [5.74, 6) is 0.0662. The van der Waals surface area contributed by atoms with Crippen LogP contribution in [0.5, 0.6) is 0 Å². The van der Waals surface area contributed by atoms with E-state index in [2.05, 4.69) is 5.32 Å². The van der Waals surface area contributed by atoms with Crippen LogP contribution in [0.1, 0.15) is 19.8 Å². The fraction of sp³-hybridized carbons (Fsp3) is 0.263. The molecule has 25 heavy (non-hydrogen) atoms. The van der Waals surface area contributed by atoms with E-state index < -0.39 is 0 Å². The second kappa shape index (κ2) is 7.93. The van der Waals surface area contributed by atoms with Crippen molar-refractivity contribution in [1.82, 2.24) is 0 Å². The highest BCUT2D eigenvalue weighted by atomic mass is 35.5. The Morgan fingerprint density at radius 3 is 2.56 bits per heavy atom. The van der Waals surface area contributed by atoms with Gasteiger partial charge in [-0.3, -0.25) is 9.59 Å². The Bertz CT molecular complexity index is 779. The van der Waals surface area contributed by atoms with Gasteiger partial charge in [0.15, 0.2) is 0 Å². The molecule has 4 nitrogen and oxygen atoms in total. The molecule has 0 aromatic heterocycles. The Kier molecular flexibility index (Phi) is 5.66. The molecule has 0 radical (unpaired) electrons. The summed E-state index contributed by atoms with van der Waals surface area (Å²) >= 11 is 7.56. The van der Waals surface area contributed by atoms with E-state index in [1.54, 1.807) is 4.90 Å². The molecule has 1 saturated heterocycles. The molecule has 1 aliphatic rings. The number of thioether (sulfide) groups is 1. The normalized spacial score (nSPS) is 15.3. The van der Waals surface area contributed by atoms with Crippen LogP contribution in [0.3, 0.4) is 0 Å². The molecule has 2 aromatic rings. The van der Waals surface area contributed by atoms with Gasteiger partial charge in [-0.2, -0.15) is 0 Å². The van der Waals surface area contributed by atoms with Crippen LogP contribution in [-0.2, 0) is 9.59 Å². The fourth-order valence-corrected chi connectivity index (χ4v) is 3.83. The summed E-state index contributed by atoms with van der Waals surface area (Å²) in [6, 6.07) is 14.9. The summed E-state index contributed by atoms with van der Waals surface area (Å²) in [6.45, 7) is 2.61. The highest BCUT2D eigenvalue weighted by molar-refractivity contribution is 8.00. The zero-order chi connectivity index (χ0) is 17.8. The van der Waals surface area contributed by atoms with Gasteiger partial charge in [0.25, 0.3) is 0 Å². The Balaban J connectivity index is 1.60. The lowest BCUT2D eigenvalue weighted by Gasteiger charge is -2.17. The van der Waals surface area contributed by atoms with E-state index in [0.29, 0.717) is 17.1 Å². The first-order valence-electron chi connectivity index (χ1n) is 8.17. The smallest absolute Gasteiger partial charge is 0.237 e. The molecule has 0 saturated carbocycles. The third kappa shape index (κ3) is 4.35. The Hall–Kier alpha value is -1.98. The van der Waals surface area contributed by atoms with Gasteiger partial charge >= 0.3 is 0 Å². The van der Waals surface area contributed by atoms with Crippen LogP contribution in [0.15, 0.2) is 53.4 Å². The van der Waals surface area contributed by atoms with E-state index in [1.165, 1.54) is 11.8 Å². The molecular weight excluding hydrogens is 356 g/mol. The summed E-state index contributed by atoms with van der Waals surface area (Å²) in [5.41, 5.74) is 1.59. The van der Waals surface area contributed by atoms with Crippen molar-refractivity contribution in [1.29, 1.82) is 0 Å². The average Bonchev–Trinajstić information content (AvgIpc) is 3.03. The van der Waals surface area contributed by atoms with Gasteiger partial charge in [0.1, 0.15) is 0 Å². The third-order valence-corrected chi connectivity index (χ3v) is 5.65. The van der Waals surface area contributed by atoms with E-state index in [0.717, 1.165) is 23.5 Å². The summed E-state index contributed by atoms with van der Waals surface area (Å²) in [7, 11) is 0. The first-order chi connectivity index (χ1) is 12.0. The van der Waals surface area contributed by atoms with Gasteiger partial charge < -0.3 is 10.2 Å². The monoisotopic (exact) mass is 374 g/mol. The molecule has 0 spiro atoms. The number of halogens is 1. The highest BCUT2D eigenvalue weighted by Gasteiger charge is 2.21. The van der Waals surface area contributed by atoms with Gasteiger partial charge in [0, 0.05) is 29.2 Å². The lowest BCUT2D eigenvalue weighted by atomic mass is 10.2. The molecule has 2 aromatic carbocycles.